The van der Waals surface area contributed by atoms with Crippen molar-refractivity contribution < 1.29 is 12.7 Å². The van der Waals surface area contributed by atoms with Gasteiger partial charge in [-0.3, -0.25) is 4.28 Å². The molecule has 0 saturated carbocycles. The molecule has 0 unspecified atom stereocenters. The summed E-state index contributed by atoms with van der Waals surface area (Å²) in [4.78, 5) is 0. The molecule has 0 spiro atoms. The van der Waals surface area contributed by atoms with E-state index in [1.807, 2.05) is 31.2 Å². The molecule has 5 nitrogen and oxygen atoms in total. The number of oxime groups is 1. The number of nitriles is 1. The van der Waals surface area contributed by atoms with Crippen molar-refractivity contribution in [3.63, 3.8) is 0 Å². The Kier molecular flexibility index (Phi) is 4.50. The van der Waals surface area contributed by atoms with Gasteiger partial charge in [0, 0.05) is 5.57 Å². The molecule has 0 saturated heterocycles. The molecule has 1 aliphatic heterocycles. The Hall–Kier alpha value is -2.04. The van der Waals surface area contributed by atoms with Crippen molar-refractivity contribution in [1.29, 1.82) is 5.26 Å². The first-order valence-electron chi connectivity index (χ1n) is 5.93. The van der Waals surface area contributed by atoms with Gasteiger partial charge in [0.1, 0.15) is 11.1 Å². The molecule has 0 aliphatic carbocycles. The summed E-state index contributed by atoms with van der Waals surface area (Å²) < 4.78 is 26.5. The Balaban J connectivity index is 2.51. The molecule has 1 heterocycles. The topological polar surface area (TPSA) is 79.5 Å². The fraction of sp³-hybridized carbons (Fsp3) is 0.143. The van der Waals surface area contributed by atoms with Crippen LogP contribution in [0.2, 0.25) is 0 Å². The average Bonchev–Trinajstić information content (AvgIpc) is 2.87. The molecule has 1 aromatic rings. The number of benzene rings is 1. The number of aryl methyl sites for hydroxylation is 1. The molecule has 0 amide bonds. The van der Waals surface area contributed by atoms with E-state index in [1.165, 1.54) is 11.8 Å². The van der Waals surface area contributed by atoms with Crippen LogP contribution in [0.1, 0.15) is 11.1 Å². The molecule has 0 atom stereocenters. The Morgan fingerprint density at radius 2 is 2.10 bits per heavy atom. The molecule has 1 aromatic carbocycles. The second kappa shape index (κ2) is 6.16. The Bertz CT molecular complexity index is 800. The average molecular weight is 320 g/mol. The lowest BCUT2D eigenvalue weighted by Crippen LogP contribution is -2.02. The maximum Gasteiger partial charge on any atom is 0.325 e. The molecule has 21 heavy (non-hydrogen) atoms. The molecule has 0 N–H and O–H groups in total. The zero-order chi connectivity index (χ0) is 15.5. The molecular weight excluding hydrogens is 308 g/mol. The summed E-state index contributed by atoms with van der Waals surface area (Å²) in [6.07, 6.45) is 2.64. The smallest absolute Gasteiger partial charge is 0.268 e. The third-order valence-corrected chi connectivity index (χ3v) is 3.83. The molecule has 0 fully saturated rings. The summed E-state index contributed by atoms with van der Waals surface area (Å²) in [7, 11) is -3.67. The van der Waals surface area contributed by atoms with Crippen molar-refractivity contribution in [2.75, 3.05) is 6.26 Å². The van der Waals surface area contributed by atoms with Crippen molar-refractivity contribution in [1.82, 2.24) is 0 Å². The molecule has 0 bridgehead atoms. The van der Waals surface area contributed by atoms with Crippen LogP contribution in [0, 0.1) is 18.3 Å². The van der Waals surface area contributed by atoms with Gasteiger partial charge >= 0.3 is 10.1 Å². The van der Waals surface area contributed by atoms with Crippen LogP contribution in [0.5, 0.6) is 0 Å². The minimum atomic E-state index is -3.67. The predicted molar refractivity (Wildman–Crippen MR) is 83.8 cm³/mol. The van der Waals surface area contributed by atoms with Crippen molar-refractivity contribution in [3.8, 4) is 6.07 Å². The van der Waals surface area contributed by atoms with Crippen LogP contribution in [0.15, 0.2) is 46.5 Å². The van der Waals surface area contributed by atoms with Crippen LogP contribution >= 0.6 is 11.8 Å². The summed E-state index contributed by atoms with van der Waals surface area (Å²) in [6.45, 7) is 1.91. The van der Waals surface area contributed by atoms with Crippen LogP contribution in [0.3, 0.4) is 0 Å². The summed E-state index contributed by atoms with van der Waals surface area (Å²) in [6, 6.07) is 9.63. The van der Waals surface area contributed by atoms with Gasteiger partial charge < -0.3 is 0 Å². The van der Waals surface area contributed by atoms with Crippen LogP contribution in [-0.4, -0.2) is 19.7 Å². The van der Waals surface area contributed by atoms with E-state index in [9.17, 15) is 13.7 Å². The number of rotatable bonds is 3. The highest BCUT2D eigenvalue weighted by atomic mass is 32.2. The van der Waals surface area contributed by atoms with E-state index in [0.717, 1.165) is 17.4 Å². The lowest BCUT2D eigenvalue weighted by atomic mass is 9.97. The quantitative estimate of drug-likeness (QED) is 0.632. The number of hydrogen-bond acceptors (Lipinski definition) is 6. The van der Waals surface area contributed by atoms with Gasteiger partial charge in [0.05, 0.1) is 11.8 Å². The predicted octanol–water partition coefficient (Wildman–Crippen LogP) is 2.82. The second-order valence-electron chi connectivity index (χ2n) is 4.31. The Morgan fingerprint density at radius 3 is 2.71 bits per heavy atom. The first-order valence-corrected chi connectivity index (χ1v) is 8.62. The zero-order valence-electron chi connectivity index (χ0n) is 11.4. The van der Waals surface area contributed by atoms with E-state index in [2.05, 4.69) is 15.5 Å². The van der Waals surface area contributed by atoms with Crippen molar-refractivity contribution >= 4 is 32.5 Å². The minimum absolute atomic E-state index is 0.347. The van der Waals surface area contributed by atoms with E-state index in [-0.39, 0.29) is 0 Å². The van der Waals surface area contributed by atoms with E-state index < -0.39 is 10.1 Å². The number of thioether (sulfide) groups is 1. The Labute approximate surface area is 127 Å². The maximum atomic E-state index is 11.0. The van der Waals surface area contributed by atoms with Crippen LogP contribution in [0.25, 0.3) is 5.57 Å². The molecule has 7 heteroatoms. The van der Waals surface area contributed by atoms with Crippen LogP contribution in [-0.2, 0) is 14.4 Å². The fourth-order valence-corrected chi connectivity index (χ4v) is 2.75. The zero-order valence-corrected chi connectivity index (χ0v) is 13.0. The number of allylic oxidation sites excluding steroid dienone is 2. The standard InChI is InChI=1S/C14H12N2O3S2/c1-10-5-3-4-6-11(10)13(9-15)12-7-8-20-14(12)16-19-21(2,17)18/h3-8H,1-2H3/b13-12+,16-14-. The number of nitrogens with zero attached hydrogens (tertiary/aromatic N) is 2. The van der Waals surface area contributed by atoms with Gasteiger partial charge in [0.25, 0.3) is 0 Å². The molecule has 108 valence electrons. The van der Waals surface area contributed by atoms with Gasteiger partial charge in [-0.15, -0.1) is 0 Å². The summed E-state index contributed by atoms with van der Waals surface area (Å²) in [5, 5.41) is 15.1. The Morgan fingerprint density at radius 1 is 1.38 bits per heavy atom. The minimum Gasteiger partial charge on any atom is -0.268 e. The summed E-state index contributed by atoms with van der Waals surface area (Å²) >= 11 is 1.21. The fourth-order valence-electron chi connectivity index (χ4n) is 1.78. The first kappa shape index (κ1) is 15.4. The normalized spacial score (nSPS) is 18.6. The molecule has 2 rings (SSSR count). The third kappa shape index (κ3) is 3.74. The van der Waals surface area contributed by atoms with Crippen molar-refractivity contribution in [2.45, 2.75) is 6.92 Å². The van der Waals surface area contributed by atoms with Gasteiger partial charge in [-0.1, -0.05) is 41.2 Å². The second-order valence-corrected chi connectivity index (χ2v) is 6.76. The maximum absolute atomic E-state index is 11.0. The van der Waals surface area contributed by atoms with Crippen LogP contribution < -0.4 is 0 Å². The SMILES string of the molecule is Cc1ccccc1/C(C#N)=C1\C=CS\C1=N/OS(C)(=O)=O. The van der Waals surface area contributed by atoms with Gasteiger partial charge in [-0.05, 0) is 29.5 Å². The van der Waals surface area contributed by atoms with Crippen molar-refractivity contribution in [3.05, 3.63) is 52.4 Å². The molecule has 0 radical (unpaired) electrons. The van der Waals surface area contributed by atoms with E-state index >= 15 is 0 Å². The lowest BCUT2D eigenvalue weighted by Gasteiger charge is -2.07. The van der Waals surface area contributed by atoms with E-state index in [1.54, 1.807) is 11.5 Å². The molecule has 1 aliphatic rings. The highest BCUT2D eigenvalue weighted by Crippen LogP contribution is 2.31. The lowest BCUT2D eigenvalue weighted by molar-refractivity contribution is 0.345. The van der Waals surface area contributed by atoms with Crippen molar-refractivity contribution in [2.24, 2.45) is 5.16 Å². The largest absolute Gasteiger partial charge is 0.325 e. The number of hydrogen-bond donors (Lipinski definition) is 0. The van der Waals surface area contributed by atoms with Crippen LogP contribution in [0.4, 0.5) is 0 Å². The summed E-state index contributed by atoms with van der Waals surface area (Å²) in [5.41, 5.74) is 2.73. The van der Waals surface area contributed by atoms with Gasteiger partial charge in [0.2, 0.25) is 0 Å². The molecular formula is C14H12N2O3S2. The first-order chi connectivity index (χ1) is 9.92. The van der Waals surface area contributed by atoms with Gasteiger partial charge in [-0.2, -0.15) is 13.7 Å². The van der Waals surface area contributed by atoms with E-state index in [4.69, 9.17) is 0 Å². The highest BCUT2D eigenvalue weighted by molar-refractivity contribution is 8.17. The van der Waals surface area contributed by atoms with Gasteiger partial charge in [0.15, 0.2) is 0 Å². The monoisotopic (exact) mass is 320 g/mol. The molecule has 0 aromatic heterocycles. The van der Waals surface area contributed by atoms with Gasteiger partial charge in [-0.25, -0.2) is 0 Å². The third-order valence-electron chi connectivity index (χ3n) is 2.70. The summed E-state index contributed by atoms with van der Waals surface area (Å²) in [5.74, 6) is 0. The highest BCUT2D eigenvalue weighted by Gasteiger charge is 2.19. The van der Waals surface area contributed by atoms with E-state index in [0.29, 0.717) is 16.2 Å².